The van der Waals surface area contributed by atoms with Crippen LogP contribution < -0.4 is 10.6 Å². The van der Waals surface area contributed by atoms with E-state index in [9.17, 15) is 9.59 Å². The van der Waals surface area contributed by atoms with Crippen LogP contribution in [0.1, 0.15) is 53.9 Å². The van der Waals surface area contributed by atoms with Crippen LogP contribution in [0.25, 0.3) is 0 Å². The highest BCUT2D eigenvalue weighted by Gasteiger charge is 2.26. The molecule has 4 nitrogen and oxygen atoms in total. The van der Waals surface area contributed by atoms with Crippen LogP contribution in [0.4, 0.5) is 11.4 Å². The molecule has 0 radical (unpaired) electrons. The summed E-state index contributed by atoms with van der Waals surface area (Å²) in [4.78, 5) is 23.7. The molecule has 2 amide bonds. The van der Waals surface area contributed by atoms with Gasteiger partial charge in [0.25, 0.3) is 0 Å². The van der Waals surface area contributed by atoms with E-state index in [1.807, 2.05) is 19.1 Å². The number of amides is 2. The van der Waals surface area contributed by atoms with Gasteiger partial charge in [0.05, 0.1) is 5.33 Å². The summed E-state index contributed by atoms with van der Waals surface area (Å²) in [6.45, 7) is 10.9. The average Bonchev–Trinajstić information content (AvgIpc) is 2.74. The Morgan fingerprint density at radius 3 is 2.27 bits per heavy atom. The molecule has 0 fully saturated rings. The Bertz CT molecular complexity index is 1010. The summed E-state index contributed by atoms with van der Waals surface area (Å²) in [5, 5.41) is 5.81. The summed E-state index contributed by atoms with van der Waals surface area (Å²) in [6, 6.07) is 7.01. The van der Waals surface area contributed by atoms with Crippen molar-refractivity contribution in [3.8, 4) is 0 Å². The minimum Gasteiger partial charge on any atom is -0.325 e. The predicted octanol–water partition coefficient (Wildman–Crippen LogP) is 7.49. The lowest BCUT2D eigenvalue weighted by molar-refractivity contribution is -0.114. The number of rotatable bonds is 8. The van der Waals surface area contributed by atoms with E-state index in [-0.39, 0.29) is 22.6 Å². The molecule has 0 aromatic heterocycles. The zero-order valence-electron chi connectivity index (χ0n) is 20.3. The van der Waals surface area contributed by atoms with E-state index in [1.54, 1.807) is 30.3 Å². The lowest BCUT2D eigenvalue weighted by Crippen LogP contribution is -2.19. The fourth-order valence-electron chi connectivity index (χ4n) is 3.90. The number of carbonyl (C=O) groups is 2. The van der Waals surface area contributed by atoms with E-state index >= 15 is 0 Å². The van der Waals surface area contributed by atoms with Crippen LogP contribution in [-0.2, 0) is 9.59 Å². The maximum Gasteiger partial charge on any atom is 0.248 e. The van der Waals surface area contributed by atoms with E-state index < -0.39 is 0 Å². The fourth-order valence-corrected chi connectivity index (χ4v) is 4.04. The van der Waals surface area contributed by atoms with Crippen molar-refractivity contribution < 1.29 is 9.59 Å². The number of anilines is 2. The van der Waals surface area contributed by atoms with Crippen molar-refractivity contribution in [3.05, 3.63) is 83.0 Å². The zero-order valence-corrected chi connectivity index (χ0v) is 21.9. The van der Waals surface area contributed by atoms with Crippen molar-refractivity contribution in [1.29, 1.82) is 0 Å². The molecule has 33 heavy (non-hydrogen) atoms. The summed E-state index contributed by atoms with van der Waals surface area (Å²) in [5.41, 5.74) is 6.56. The largest absolute Gasteiger partial charge is 0.325 e. The van der Waals surface area contributed by atoms with Crippen LogP contribution in [0, 0.1) is 5.41 Å². The standard InChI is InChI=1S/C28H35BrN2O2/c1-20(11-16-25-22(3)10-7-17-28(25,4)5)8-6-9-21(2)18-26(32)30-23-12-14-24(15-13-23)31-27(33)19-29/h6,8-9,11-16,18H,7,10,17,19H2,1-5H3,(H,30,32)(H,31,33). The number of halogens is 1. The van der Waals surface area contributed by atoms with E-state index in [0.717, 1.165) is 11.1 Å². The summed E-state index contributed by atoms with van der Waals surface area (Å²) >= 11 is 3.11. The molecular formula is C28H35BrN2O2. The molecule has 1 aliphatic rings. The SMILES string of the molecule is CC(C=CC1=C(C)CCCC1(C)C)=CC=CC(C)=CC(=O)Nc1ccc(NC(=O)CBr)cc1. The van der Waals surface area contributed by atoms with E-state index in [1.165, 1.54) is 30.4 Å². The molecule has 0 saturated heterocycles. The molecule has 0 atom stereocenters. The van der Waals surface area contributed by atoms with Crippen LogP contribution in [0.15, 0.2) is 83.0 Å². The second-order valence-electron chi connectivity index (χ2n) is 9.17. The Balaban J connectivity index is 1.92. The molecule has 1 aromatic rings. The first kappa shape index (κ1) is 26.6. The highest BCUT2D eigenvalue weighted by molar-refractivity contribution is 9.09. The molecule has 5 heteroatoms. The molecular weight excluding hydrogens is 476 g/mol. The first-order valence-corrected chi connectivity index (χ1v) is 12.4. The number of benzene rings is 1. The highest BCUT2D eigenvalue weighted by Crippen LogP contribution is 2.40. The van der Waals surface area contributed by atoms with Gasteiger partial charge in [0.2, 0.25) is 11.8 Å². The summed E-state index contributed by atoms with van der Waals surface area (Å²) < 4.78 is 0. The highest BCUT2D eigenvalue weighted by atomic mass is 79.9. The van der Waals surface area contributed by atoms with Gasteiger partial charge in [-0.1, -0.05) is 71.3 Å². The average molecular weight is 512 g/mol. The Morgan fingerprint density at radius 1 is 1.03 bits per heavy atom. The first-order chi connectivity index (χ1) is 15.6. The maximum absolute atomic E-state index is 12.3. The smallest absolute Gasteiger partial charge is 0.248 e. The van der Waals surface area contributed by atoms with Gasteiger partial charge in [-0.3, -0.25) is 9.59 Å². The van der Waals surface area contributed by atoms with Crippen LogP contribution >= 0.6 is 15.9 Å². The third-order valence-corrected chi connectivity index (χ3v) is 6.20. The summed E-state index contributed by atoms with van der Waals surface area (Å²) in [7, 11) is 0. The lowest BCUT2D eigenvalue weighted by Gasteiger charge is -2.32. The fraction of sp³-hybridized carbons (Fsp3) is 0.357. The number of nitrogens with one attached hydrogen (secondary N) is 2. The second-order valence-corrected chi connectivity index (χ2v) is 9.73. The van der Waals surface area contributed by atoms with Crippen molar-refractivity contribution in [1.82, 2.24) is 0 Å². The molecule has 176 valence electrons. The van der Waals surface area contributed by atoms with E-state index in [0.29, 0.717) is 11.4 Å². The molecule has 1 aliphatic carbocycles. The molecule has 0 saturated carbocycles. The van der Waals surface area contributed by atoms with Gasteiger partial charge in [0.1, 0.15) is 0 Å². The molecule has 0 heterocycles. The van der Waals surface area contributed by atoms with Crippen molar-refractivity contribution in [2.45, 2.75) is 53.9 Å². The predicted molar refractivity (Wildman–Crippen MR) is 144 cm³/mol. The molecule has 2 rings (SSSR count). The van der Waals surface area contributed by atoms with Crippen LogP contribution in [0.2, 0.25) is 0 Å². The van der Waals surface area contributed by atoms with E-state index in [4.69, 9.17) is 0 Å². The molecule has 0 spiro atoms. The first-order valence-electron chi connectivity index (χ1n) is 11.3. The van der Waals surface area contributed by atoms with Gasteiger partial charge in [-0.2, -0.15) is 0 Å². The number of hydrogen-bond donors (Lipinski definition) is 2. The Labute approximate surface area is 206 Å². The van der Waals surface area contributed by atoms with Gasteiger partial charge in [-0.15, -0.1) is 0 Å². The number of alkyl halides is 1. The minimum atomic E-state index is -0.197. The van der Waals surface area contributed by atoms with E-state index in [2.05, 4.69) is 72.5 Å². The van der Waals surface area contributed by atoms with Crippen molar-refractivity contribution in [3.63, 3.8) is 0 Å². The van der Waals surface area contributed by atoms with Crippen molar-refractivity contribution >= 4 is 39.1 Å². The van der Waals surface area contributed by atoms with Gasteiger partial charge in [-0.25, -0.2) is 0 Å². The van der Waals surface area contributed by atoms with Crippen molar-refractivity contribution in [2.24, 2.45) is 5.41 Å². The van der Waals surface area contributed by atoms with Crippen LogP contribution in [-0.4, -0.2) is 17.1 Å². The Hall–Kier alpha value is -2.66. The summed E-state index contributed by atoms with van der Waals surface area (Å²) in [6.07, 6.45) is 15.6. The Morgan fingerprint density at radius 2 is 1.67 bits per heavy atom. The molecule has 0 bridgehead atoms. The number of carbonyl (C=O) groups excluding carboxylic acids is 2. The van der Waals surface area contributed by atoms with Gasteiger partial charge >= 0.3 is 0 Å². The molecule has 0 unspecified atom stereocenters. The third-order valence-electron chi connectivity index (χ3n) is 5.69. The minimum absolute atomic E-state index is 0.123. The van der Waals surface area contributed by atoms with Gasteiger partial charge in [0, 0.05) is 17.5 Å². The van der Waals surface area contributed by atoms with Crippen LogP contribution in [0.5, 0.6) is 0 Å². The third kappa shape index (κ3) is 9.01. The lowest BCUT2D eigenvalue weighted by atomic mass is 9.72. The van der Waals surface area contributed by atoms with Gasteiger partial charge < -0.3 is 10.6 Å². The van der Waals surface area contributed by atoms with Gasteiger partial charge in [0.15, 0.2) is 0 Å². The maximum atomic E-state index is 12.3. The monoisotopic (exact) mass is 510 g/mol. The number of allylic oxidation sites excluding steroid dienone is 9. The molecule has 0 aliphatic heterocycles. The quantitative estimate of drug-likeness (QED) is 0.216. The molecule has 2 N–H and O–H groups in total. The topological polar surface area (TPSA) is 58.2 Å². The van der Waals surface area contributed by atoms with Gasteiger partial charge in [-0.05, 0) is 80.9 Å². The second kappa shape index (κ2) is 12.5. The number of hydrogen-bond acceptors (Lipinski definition) is 2. The summed E-state index contributed by atoms with van der Waals surface area (Å²) in [5.74, 6) is -0.320. The zero-order chi connectivity index (χ0) is 24.4. The molecule has 1 aromatic carbocycles. The van der Waals surface area contributed by atoms with Crippen molar-refractivity contribution in [2.75, 3.05) is 16.0 Å². The normalized spacial score (nSPS) is 17.0. The van der Waals surface area contributed by atoms with Crippen LogP contribution in [0.3, 0.4) is 0 Å². The Kier molecular flexibility index (Phi) is 10.1.